The Morgan fingerprint density at radius 1 is 1.10 bits per heavy atom. The number of carbonyl (C=O) groups is 1. The van der Waals surface area contributed by atoms with Crippen LogP contribution in [-0.2, 0) is 4.74 Å². The molecule has 118 valence electrons. The van der Waals surface area contributed by atoms with E-state index in [1.54, 1.807) is 12.1 Å². The van der Waals surface area contributed by atoms with Gasteiger partial charge >= 0.3 is 5.97 Å². The number of carbonyl (C=O) groups excluding carboxylic acids is 1. The maximum Gasteiger partial charge on any atom is 0.338 e. The minimum absolute atomic E-state index is 0.224. The van der Waals surface area contributed by atoms with Crippen LogP contribution in [0.3, 0.4) is 0 Å². The van der Waals surface area contributed by atoms with E-state index in [0.29, 0.717) is 12.2 Å². The summed E-state index contributed by atoms with van der Waals surface area (Å²) >= 11 is 0. The highest BCUT2D eigenvalue weighted by atomic mass is 28.3. The molecule has 0 spiro atoms. The van der Waals surface area contributed by atoms with Crippen molar-refractivity contribution in [2.45, 2.75) is 32.1 Å². The SMILES string of the molecule is C[N+](C)(CCC[Si](C)(C)C)CCOC(=O)c1ccccc1. The van der Waals surface area contributed by atoms with E-state index in [-0.39, 0.29) is 5.97 Å². The minimum Gasteiger partial charge on any atom is -0.456 e. The quantitative estimate of drug-likeness (QED) is 0.416. The van der Waals surface area contributed by atoms with Crippen LogP contribution in [0.5, 0.6) is 0 Å². The molecule has 4 heteroatoms. The lowest BCUT2D eigenvalue weighted by Crippen LogP contribution is -2.43. The van der Waals surface area contributed by atoms with E-state index in [0.717, 1.165) is 17.6 Å². The van der Waals surface area contributed by atoms with Gasteiger partial charge in [0.15, 0.2) is 0 Å². The molecule has 0 bridgehead atoms. The Bertz CT molecular complexity index is 438. The molecule has 3 nitrogen and oxygen atoms in total. The summed E-state index contributed by atoms with van der Waals surface area (Å²) in [4.78, 5) is 11.9. The Kier molecular flexibility index (Phi) is 6.62. The Morgan fingerprint density at radius 3 is 2.29 bits per heavy atom. The summed E-state index contributed by atoms with van der Waals surface area (Å²) in [6, 6.07) is 10.5. The van der Waals surface area contributed by atoms with E-state index in [1.165, 1.54) is 12.5 Å². The molecule has 0 radical (unpaired) electrons. The molecule has 0 N–H and O–H groups in total. The van der Waals surface area contributed by atoms with Crippen molar-refractivity contribution < 1.29 is 14.0 Å². The van der Waals surface area contributed by atoms with Gasteiger partial charge in [0.1, 0.15) is 13.2 Å². The molecular weight excluding hydrogens is 278 g/mol. The van der Waals surface area contributed by atoms with E-state index in [1.807, 2.05) is 18.2 Å². The molecule has 21 heavy (non-hydrogen) atoms. The van der Waals surface area contributed by atoms with Crippen molar-refractivity contribution in [3.8, 4) is 0 Å². The second-order valence-corrected chi connectivity index (χ2v) is 13.2. The number of likely N-dealkylation sites (N-methyl/N-ethyl adjacent to an activating group) is 1. The van der Waals surface area contributed by atoms with Crippen molar-refractivity contribution in [2.24, 2.45) is 0 Å². The molecule has 0 aliphatic heterocycles. The average Bonchev–Trinajstić information content (AvgIpc) is 2.37. The Labute approximate surface area is 130 Å². The molecule has 0 heterocycles. The van der Waals surface area contributed by atoms with Gasteiger partial charge in [0.05, 0.1) is 26.2 Å². The lowest BCUT2D eigenvalue weighted by molar-refractivity contribution is -0.890. The fourth-order valence-electron chi connectivity index (χ4n) is 2.19. The van der Waals surface area contributed by atoms with Gasteiger partial charge in [-0.1, -0.05) is 43.9 Å². The van der Waals surface area contributed by atoms with Gasteiger partial charge in [0.25, 0.3) is 0 Å². The highest BCUT2D eigenvalue weighted by Gasteiger charge is 2.19. The zero-order valence-electron chi connectivity index (χ0n) is 14.2. The number of rotatable bonds is 8. The van der Waals surface area contributed by atoms with Gasteiger partial charge in [-0.25, -0.2) is 4.79 Å². The van der Waals surface area contributed by atoms with Gasteiger partial charge < -0.3 is 9.22 Å². The van der Waals surface area contributed by atoms with Crippen molar-refractivity contribution >= 4 is 14.0 Å². The van der Waals surface area contributed by atoms with E-state index < -0.39 is 8.07 Å². The van der Waals surface area contributed by atoms with Gasteiger partial charge in [-0.2, -0.15) is 0 Å². The fourth-order valence-corrected chi connectivity index (χ4v) is 3.41. The number of hydrogen-bond acceptors (Lipinski definition) is 2. The molecule has 1 aromatic rings. The lowest BCUT2D eigenvalue weighted by atomic mass is 10.2. The zero-order chi connectivity index (χ0) is 15.9. The smallest absolute Gasteiger partial charge is 0.338 e. The summed E-state index contributed by atoms with van der Waals surface area (Å²) in [6.45, 7) is 9.73. The molecule has 0 fully saturated rings. The molecule has 0 aliphatic carbocycles. The third kappa shape index (κ3) is 8.02. The van der Waals surface area contributed by atoms with Gasteiger partial charge in [0, 0.05) is 8.07 Å². The van der Waals surface area contributed by atoms with Crippen LogP contribution in [-0.4, -0.2) is 52.3 Å². The van der Waals surface area contributed by atoms with Gasteiger partial charge in [-0.3, -0.25) is 0 Å². The van der Waals surface area contributed by atoms with E-state index >= 15 is 0 Å². The largest absolute Gasteiger partial charge is 0.456 e. The maximum atomic E-state index is 11.9. The third-order valence-corrected chi connectivity index (χ3v) is 5.48. The standard InChI is InChI=1S/C17H30NO2Si/c1-18(2,12-9-15-21(3,4)5)13-14-20-17(19)16-10-7-6-8-11-16/h6-8,10-11H,9,12-15H2,1-5H3/q+1. The van der Waals surface area contributed by atoms with E-state index in [9.17, 15) is 4.79 Å². The van der Waals surface area contributed by atoms with Crippen LogP contribution in [0.2, 0.25) is 25.7 Å². The summed E-state index contributed by atoms with van der Waals surface area (Å²) in [5, 5.41) is 0. The van der Waals surface area contributed by atoms with Crippen LogP contribution >= 0.6 is 0 Å². The average molecular weight is 309 g/mol. The fraction of sp³-hybridized carbons (Fsp3) is 0.588. The molecular formula is C17H30NO2Si+. The topological polar surface area (TPSA) is 26.3 Å². The number of hydrogen-bond donors (Lipinski definition) is 0. The second kappa shape index (κ2) is 7.76. The Morgan fingerprint density at radius 2 is 1.71 bits per heavy atom. The number of nitrogens with zero attached hydrogens (tertiary/aromatic N) is 1. The molecule has 1 rings (SSSR count). The second-order valence-electron chi connectivity index (χ2n) is 7.55. The molecule has 0 aliphatic rings. The third-order valence-electron chi connectivity index (χ3n) is 3.63. The van der Waals surface area contributed by atoms with Gasteiger partial charge in [-0.15, -0.1) is 0 Å². The van der Waals surface area contributed by atoms with Crippen LogP contribution in [0.15, 0.2) is 30.3 Å². The molecule has 0 amide bonds. The number of quaternary nitrogens is 1. The first-order chi connectivity index (χ1) is 9.70. The predicted octanol–water partition coefficient (Wildman–Crippen LogP) is 3.65. The normalized spacial score (nSPS) is 12.2. The van der Waals surface area contributed by atoms with Crippen molar-refractivity contribution in [1.29, 1.82) is 0 Å². The summed E-state index contributed by atoms with van der Waals surface area (Å²) in [5.41, 5.74) is 0.626. The maximum absolute atomic E-state index is 11.9. The van der Waals surface area contributed by atoms with Crippen LogP contribution < -0.4 is 0 Å². The Balaban J connectivity index is 2.29. The first-order valence-electron chi connectivity index (χ1n) is 7.74. The van der Waals surface area contributed by atoms with Gasteiger partial charge in [-0.05, 0) is 18.6 Å². The molecule has 1 aromatic carbocycles. The molecule has 0 aromatic heterocycles. The predicted molar refractivity (Wildman–Crippen MR) is 91.3 cm³/mol. The number of ether oxygens (including phenoxy) is 1. The summed E-state index contributed by atoms with van der Waals surface area (Å²) in [7, 11) is 3.47. The number of esters is 1. The highest BCUT2D eigenvalue weighted by Crippen LogP contribution is 2.13. The van der Waals surface area contributed by atoms with Crippen molar-refractivity contribution in [2.75, 3.05) is 33.8 Å². The van der Waals surface area contributed by atoms with Crippen molar-refractivity contribution in [3.05, 3.63) is 35.9 Å². The van der Waals surface area contributed by atoms with Crippen LogP contribution in [0.25, 0.3) is 0 Å². The Hall–Kier alpha value is -1.13. The summed E-state index contributed by atoms with van der Waals surface area (Å²) in [6.07, 6.45) is 1.26. The first-order valence-corrected chi connectivity index (χ1v) is 11.4. The number of benzene rings is 1. The molecule has 0 saturated carbocycles. The van der Waals surface area contributed by atoms with Crippen LogP contribution in [0.1, 0.15) is 16.8 Å². The van der Waals surface area contributed by atoms with E-state index in [2.05, 4.69) is 33.7 Å². The monoisotopic (exact) mass is 308 g/mol. The van der Waals surface area contributed by atoms with Crippen molar-refractivity contribution in [3.63, 3.8) is 0 Å². The minimum atomic E-state index is -0.946. The zero-order valence-corrected chi connectivity index (χ0v) is 15.2. The summed E-state index contributed by atoms with van der Waals surface area (Å²) in [5.74, 6) is -0.224. The van der Waals surface area contributed by atoms with Crippen LogP contribution in [0, 0.1) is 0 Å². The van der Waals surface area contributed by atoms with Crippen molar-refractivity contribution in [1.82, 2.24) is 0 Å². The molecule has 0 saturated heterocycles. The van der Waals surface area contributed by atoms with Gasteiger partial charge in [0.2, 0.25) is 0 Å². The van der Waals surface area contributed by atoms with Crippen LogP contribution in [0.4, 0.5) is 0 Å². The lowest BCUT2D eigenvalue weighted by Gasteiger charge is -2.30. The summed E-state index contributed by atoms with van der Waals surface area (Å²) < 4.78 is 6.27. The highest BCUT2D eigenvalue weighted by molar-refractivity contribution is 6.76. The van der Waals surface area contributed by atoms with E-state index in [4.69, 9.17) is 4.74 Å². The first kappa shape index (κ1) is 17.9. The molecule has 0 atom stereocenters. The molecule has 0 unspecified atom stereocenters.